The maximum atomic E-state index is 14.0. The van der Waals surface area contributed by atoms with Crippen LogP contribution in [-0.2, 0) is 10.0 Å². The minimum absolute atomic E-state index is 0.0109. The monoisotopic (exact) mass is 470 g/mol. The smallest absolute Gasteiger partial charge is 0.243 e. The number of sulfonamides is 1. The Kier molecular flexibility index (Phi) is 6.36. The molecule has 0 bridgehead atoms. The van der Waals surface area contributed by atoms with Crippen molar-refractivity contribution in [2.75, 3.05) is 38.2 Å². The minimum Gasteiger partial charge on any atom is -0.494 e. The number of benzene rings is 2. The average Bonchev–Trinajstić information content (AvgIpc) is 2.81. The molecule has 1 fully saturated rings. The normalized spacial score (nSPS) is 15.0. The van der Waals surface area contributed by atoms with Crippen LogP contribution >= 0.6 is 0 Å². The summed E-state index contributed by atoms with van der Waals surface area (Å²) in [7, 11) is -2.46. The molecule has 4 rings (SSSR count). The summed E-state index contributed by atoms with van der Waals surface area (Å²) in [6.45, 7) is 7.71. The lowest BCUT2D eigenvalue weighted by Crippen LogP contribution is -2.49. The fourth-order valence-corrected chi connectivity index (χ4v) is 5.42. The van der Waals surface area contributed by atoms with E-state index in [-0.39, 0.29) is 23.7 Å². The molecule has 0 amide bonds. The van der Waals surface area contributed by atoms with Gasteiger partial charge in [-0.2, -0.15) is 4.31 Å². The Morgan fingerprint density at radius 3 is 2.18 bits per heavy atom. The summed E-state index contributed by atoms with van der Waals surface area (Å²) >= 11 is 0. The van der Waals surface area contributed by atoms with E-state index >= 15 is 0 Å². The second-order valence-corrected chi connectivity index (χ2v) is 10.2. The zero-order valence-corrected chi connectivity index (χ0v) is 20.0. The SMILES string of the molecule is COc1ccc(S(=O)(=O)N2CCN(c3ccc(-c4cc(C)c(C)cc4C)nn3)CC2)cc1F. The van der Waals surface area contributed by atoms with E-state index in [4.69, 9.17) is 4.74 Å². The highest BCUT2D eigenvalue weighted by molar-refractivity contribution is 7.89. The first-order valence-corrected chi connectivity index (χ1v) is 12.2. The summed E-state index contributed by atoms with van der Waals surface area (Å²) in [6.07, 6.45) is 0. The van der Waals surface area contributed by atoms with E-state index in [2.05, 4.69) is 43.1 Å². The fourth-order valence-electron chi connectivity index (χ4n) is 3.99. The van der Waals surface area contributed by atoms with Gasteiger partial charge >= 0.3 is 0 Å². The number of hydrogen-bond acceptors (Lipinski definition) is 6. The van der Waals surface area contributed by atoms with E-state index in [0.29, 0.717) is 18.9 Å². The van der Waals surface area contributed by atoms with Crippen LogP contribution in [0.5, 0.6) is 5.75 Å². The first-order valence-electron chi connectivity index (χ1n) is 10.7. The molecule has 0 aliphatic carbocycles. The molecule has 7 nitrogen and oxygen atoms in total. The van der Waals surface area contributed by atoms with Gasteiger partial charge in [-0.3, -0.25) is 0 Å². The van der Waals surface area contributed by atoms with E-state index in [0.717, 1.165) is 22.9 Å². The molecule has 3 aromatic rings. The minimum atomic E-state index is -3.80. The number of ether oxygens (including phenoxy) is 1. The van der Waals surface area contributed by atoms with Gasteiger partial charge in [0.25, 0.3) is 0 Å². The van der Waals surface area contributed by atoms with E-state index in [1.165, 1.54) is 34.7 Å². The lowest BCUT2D eigenvalue weighted by molar-refractivity contribution is 0.379. The van der Waals surface area contributed by atoms with Crippen molar-refractivity contribution >= 4 is 15.8 Å². The van der Waals surface area contributed by atoms with Crippen molar-refractivity contribution in [1.29, 1.82) is 0 Å². The molecule has 0 radical (unpaired) electrons. The predicted octanol–water partition coefficient (Wildman–Crippen LogP) is 3.73. The second-order valence-electron chi connectivity index (χ2n) is 8.22. The summed E-state index contributed by atoms with van der Waals surface area (Å²) in [5.74, 6) is 0.0103. The molecule has 2 aromatic carbocycles. The van der Waals surface area contributed by atoms with Gasteiger partial charge in [0.05, 0.1) is 17.7 Å². The Bertz CT molecular complexity index is 1270. The Morgan fingerprint density at radius 1 is 0.879 bits per heavy atom. The molecular weight excluding hydrogens is 443 g/mol. The van der Waals surface area contributed by atoms with Gasteiger partial charge in [0.15, 0.2) is 17.4 Å². The van der Waals surface area contributed by atoms with E-state index in [9.17, 15) is 12.8 Å². The molecule has 1 aromatic heterocycles. The number of nitrogens with zero attached hydrogens (tertiary/aromatic N) is 4. The zero-order chi connectivity index (χ0) is 23.8. The average molecular weight is 471 g/mol. The maximum absolute atomic E-state index is 14.0. The van der Waals surface area contributed by atoms with Gasteiger partial charge in [-0.15, -0.1) is 10.2 Å². The number of piperazine rings is 1. The highest BCUT2D eigenvalue weighted by atomic mass is 32.2. The molecule has 9 heteroatoms. The molecule has 2 heterocycles. The van der Waals surface area contributed by atoms with Crippen LogP contribution in [0.25, 0.3) is 11.3 Å². The first kappa shape index (κ1) is 23.1. The molecule has 1 saturated heterocycles. The fraction of sp³-hybridized carbons (Fsp3) is 0.333. The van der Waals surface area contributed by atoms with Crippen LogP contribution in [0.1, 0.15) is 16.7 Å². The Hall–Kier alpha value is -3.04. The third-order valence-electron chi connectivity index (χ3n) is 6.09. The van der Waals surface area contributed by atoms with Crippen LogP contribution in [0.4, 0.5) is 10.2 Å². The number of methoxy groups -OCH3 is 1. The third kappa shape index (κ3) is 4.56. The van der Waals surface area contributed by atoms with Crippen LogP contribution in [0.3, 0.4) is 0 Å². The zero-order valence-electron chi connectivity index (χ0n) is 19.2. The van der Waals surface area contributed by atoms with Gasteiger partial charge in [0.1, 0.15) is 0 Å². The van der Waals surface area contributed by atoms with Crippen molar-refractivity contribution in [2.24, 2.45) is 0 Å². The summed E-state index contributed by atoms with van der Waals surface area (Å²) in [5.41, 5.74) is 5.46. The summed E-state index contributed by atoms with van der Waals surface area (Å²) in [6, 6.07) is 11.8. The van der Waals surface area contributed by atoms with Gasteiger partial charge in [0, 0.05) is 31.7 Å². The Labute approximate surface area is 193 Å². The van der Waals surface area contributed by atoms with Crippen LogP contribution in [0.2, 0.25) is 0 Å². The summed E-state index contributed by atoms with van der Waals surface area (Å²) in [4.78, 5) is 1.92. The topological polar surface area (TPSA) is 75.6 Å². The molecule has 0 spiro atoms. The third-order valence-corrected chi connectivity index (χ3v) is 7.99. The number of aryl methyl sites for hydroxylation is 3. The quantitative estimate of drug-likeness (QED) is 0.566. The molecule has 0 saturated carbocycles. The summed E-state index contributed by atoms with van der Waals surface area (Å²) in [5, 5.41) is 8.81. The lowest BCUT2D eigenvalue weighted by Gasteiger charge is -2.34. The number of halogens is 1. The molecule has 1 aliphatic rings. The molecule has 1 aliphatic heterocycles. The van der Waals surface area contributed by atoms with Gasteiger partial charge < -0.3 is 9.64 Å². The molecular formula is C24H27FN4O3S. The highest BCUT2D eigenvalue weighted by Crippen LogP contribution is 2.27. The van der Waals surface area contributed by atoms with E-state index in [1.54, 1.807) is 0 Å². The van der Waals surface area contributed by atoms with Gasteiger partial charge in [-0.25, -0.2) is 12.8 Å². The maximum Gasteiger partial charge on any atom is 0.243 e. The van der Waals surface area contributed by atoms with E-state index < -0.39 is 15.8 Å². The Morgan fingerprint density at radius 2 is 1.58 bits per heavy atom. The van der Waals surface area contributed by atoms with Gasteiger partial charge in [-0.05, 0) is 73.9 Å². The van der Waals surface area contributed by atoms with Crippen molar-refractivity contribution in [3.63, 3.8) is 0 Å². The largest absolute Gasteiger partial charge is 0.494 e. The van der Waals surface area contributed by atoms with Crippen LogP contribution in [0.15, 0.2) is 47.4 Å². The van der Waals surface area contributed by atoms with Crippen molar-refractivity contribution in [2.45, 2.75) is 25.7 Å². The van der Waals surface area contributed by atoms with Crippen molar-refractivity contribution in [3.8, 4) is 17.0 Å². The first-order chi connectivity index (χ1) is 15.7. The second kappa shape index (κ2) is 9.07. The molecule has 0 N–H and O–H groups in total. The number of aromatic nitrogens is 2. The van der Waals surface area contributed by atoms with Gasteiger partial charge in [-0.1, -0.05) is 6.07 Å². The highest BCUT2D eigenvalue weighted by Gasteiger charge is 2.29. The van der Waals surface area contributed by atoms with Crippen LogP contribution in [-0.4, -0.2) is 56.2 Å². The van der Waals surface area contributed by atoms with Crippen molar-refractivity contribution in [3.05, 3.63) is 65.0 Å². The molecule has 0 unspecified atom stereocenters. The number of anilines is 1. The van der Waals surface area contributed by atoms with E-state index in [1.807, 2.05) is 17.0 Å². The van der Waals surface area contributed by atoms with Crippen LogP contribution in [0, 0.1) is 26.6 Å². The van der Waals surface area contributed by atoms with Crippen molar-refractivity contribution < 1.29 is 17.5 Å². The number of rotatable bonds is 5. The summed E-state index contributed by atoms with van der Waals surface area (Å²) < 4.78 is 46.1. The molecule has 0 atom stereocenters. The predicted molar refractivity (Wildman–Crippen MR) is 126 cm³/mol. The van der Waals surface area contributed by atoms with Gasteiger partial charge in [0.2, 0.25) is 10.0 Å². The van der Waals surface area contributed by atoms with Crippen molar-refractivity contribution in [1.82, 2.24) is 14.5 Å². The Balaban J connectivity index is 1.46. The molecule has 33 heavy (non-hydrogen) atoms. The standard InChI is InChI=1S/C24H27FN4O3S/c1-16-13-18(3)20(14-17(16)2)22-6-8-24(27-26-22)28-9-11-29(12-10-28)33(30,31)19-5-7-23(32-4)21(25)15-19/h5-8,13-15H,9-12H2,1-4H3. The number of hydrogen-bond donors (Lipinski definition) is 0. The lowest BCUT2D eigenvalue weighted by atomic mass is 9.99. The molecule has 174 valence electrons. The van der Waals surface area contributed by atoms with Crippen LogP contribution < -0.4 is 9.64 Å².